The van der Waals surface area contributed by atoms with Crippen molar-refractivity contribution >= 4 is 17.6 Å². The van der Waals surface area contributed by atoms with Crippen molar-refractivity contribution in [2.24, 2.45) is 0 Å². The fraction of sp³-hybridized carbons (Fsp3) is 0.300. The van der Waals surface area contributed by atoms with E-state index in [0.29, 0.717) is 6.07 Å². The second-order valence-corrected chi connectivity index (χ2v) is 3.53. The molecular weight excluding hydrogens is 264 g/mol. The number of hydrogen-bond donors (Lipinski definition) is 0. The van der Waals surface area contributed by atoms with Gasteiger partial charge in [0.05, 0.1) is 24.1 Å². The largest absolute Gasteiger partial charge is 0.469 e. The molecule has 0 bridgehead atoms. The Balaban J connectivity index is 3.15. The maximum atomic E-state index is 13.3. The van der Waals surface area contributed by atoms with E-state index in [4.69, 9.17) is 11.6 Å². The number of alkyl halides is 3. The highest BCUT2D eigenvalue weighted by Gasteiger charge is 2.35. The molecule has 0 atom stereocenters. The summed E-state index contributed by atoms with van der Waals surface area (Å²) >= 11 is 5.42. The van der Waals surface area contributed by atoms with Crippen molar-refractivity contribution in [2.75, 3.05) is 7.11 Å². The Morgan fingerprint density at radius 3 is 2.47 bits per heavy atom. The molecule has 0 unspecified atom stereocenters. The number of esters is 1. The summed E-state index contributed by atoms with van der Waals surface area (Å²) in [6.45, 7) is 0. The van der Waals surface area contributed by atoms with Gasteiger partial charge in [0.25, 0.3) is 0 Å². The molecule has 0 saturated carbocycles. The molecule has 0 amide bonds. The minimum Gasteiger partial charge on any atom is -0.469 e. The Morgan fingerprint density at radius 1 is 1.41 bits per heavy atom. The molecule has 0 aromatic heterocycles. The first-order chi connectivity index (χ1) is 7.77. The molecule has 1 rings (SSSR count). The van der Waals surface area contributed by atoms with Gasteiger partial charge in [-0.2, -0.15) is 13.2 Å². The van der Waals surface area contributed by atoms with E-state index in [1.165, 1.54) is 0 Å². The molecule has 0 N–H and O–H groups in total. The van der Waals surface area contributed by atoms with Crippen LogP contribution < -0.4 is 0 Å². The van der Waals surface area contributed by atoms with Gasteiger partial charge in [0.2, 0.25) is 0 Å². The number of rotatable bonds is 2. The summed E-state index contributed by atoms with van der Waals surface area (Å²) in [4.78, 5) is 10.9. The van der Waals surface area contributed by atoms with Gasteiger partial charge in [0, 0.05) is 0 Å². The van der Waals surface area contributed by atoms with Crippen molar-refractivity contribution in [3.8, 4) is 0 Å². The van der Waals surface area contributed by atoms with Crippen LogP contribution in [0.3, 0.4) is 0 Å². The monoisotopic (exact) mass is 270 g/mol. The van der Waals surface area contributed by atoms with E-state index in [-0.39, 0.29) is 12.0 Å². The predicted octanol–water partition coefficient (Wildman–Crippen LogP) is 3.21. The van der Waals surface area contributed by atoms with Gasteiger partial charge in [0.15, 0.2) is 5.82 Å². The van der Waals surface area contributed by atoms with Gasteiger partial charge in [-0.1, -0.05) is 17.7 Å². The van der Waals surface area contributed by atoms with E-state index in [1.807, 2.05) is 0 Å². The number of benzene rings is 1. The maximum Gasteiger partial charge on any atom is 0.419 e. The summed E-state index contributed by atoms with van der Waals surface area (Å²) in [6.07, 6.45) is -5.21. The Labute approximate surface area is 99.1 Å². The molecule has 7 heteroatoms. The zero-order valence-corrected chi connectivity index (χ0v) is 9.32. The van der Waals surface area contributed by atoms with Crippen LogP contribution in [0.5, 0.6) is 0 Å². The van der Waals surface area contributed by atoms with Crippen molar-refractivity contribution in [3.05, 3.63) is 34.1 Å². The van der Waals surface area contributed by atoms with Crippen molar-refractivity contribution in [3.63, 3.8) is 0 Å². The third-order valence-corrected chi connectivity index (χ3v) is 2.44. The zero-order chi connectivity index (χ0) is 13.2. The van der Waals surface area contributed by atoms with Crippen LogP contribution in [0, 0.1) is 5.82 Å². The first-order valence-electron chi connectivity index (χ1n) is 4.38. The highest BCUT2D eigenvalue weighted by molar-refractivity contribution is 6.31. The Bertz CT molecular complexity index is 443. The third kappa shape index (κ3) is 3.09. The van der Waals surface area contributed by atoms with Gasteiger partial charge in [-0.3, -0.25) is 4.79 Å². The van der Waals surface area contributed by atoms with Crippen molar-refractivity contribution in [2.45, 2.75) is 12.6 Å². The number of ether oxygens (including phenoxy) is 1. The molecular formula is C10H7ClF4O2. The summed E-state index contributed by atoms with van der Waals surface area (Å²) in [7, 11) is 1.11. The van der Waals surface area contributed by atoms with Crippen LogP contribution in [0.1, 0.15) is 11.1 Å². The highest BCUT2D eigenvalue weighted by Crippen LogP contribution is 2.35. The molecule has 1 aromatic carbocycles. The lowest BCUT2D eigenvalue weighted by Gasteiger charge is -2.11. The Kier molecular flexibility index (Phi) is 3.98. The molecule has 0 aliphatic rings. The molecule has 2 nitrogen and oxygen atoms in total. The first kappa shape index (κ1) is 13.8. The van der Waals surface area contributed by atoms with Gasteiger partial charge in [0.1, 0.15) is 0 Å². The number of methoxy groups -OCH3 is 1. The van der Waals surface area contributed by atoms with Gasteiger partial charge < -0.3 is 4.74 Å². The van der Waals surface area contributed by atoms with Crippen LogP contribution in [0.2, 0.25) is 5.02 Å². The van der Waals surface area contributed by atoms with Gasteiger partial charge >= 0.3 is 12.1 Å². The van der Waals surface area contributed by atoms with E-state index in [0.717, 1.165) is 13.2 Å². The lowest BCUT2D eigenvalue weighted by molar-refractivity contribution is -0.140. The van der Waals surface area contributed by atoms with Crippen LogP contribution in [0.25, 0.3) is 0 Å². The maximum absolute atomic E-state index is 13.3. The van der Waals surface area contributed by atoms with Gasteiger partial charge in [-0.25, -0.2) is 4.39 Å². The molecule has 0 aliphatic carbocycles. The summed E-state index contributed by atoms with van der Waals surface area (Å²) in [5.41, 5.74) is -1.51. The molecule has 17 heavy (non-hydrogen) atoms. The van der Waals surface area contributed by atoms with E-state index < -0.39 is 28.5 Å². The smallest absolute Gasteiger partial charge is 0.419 e. The molecule has 0 saturated heterocycles. The van der Waals surface area contributed by atoms with Crippen LogP contribution in [-0.4, -0.2) is 13.1 Å². The molecule has 94 valence electrons. The summed E-state index contributed by atoms with van der Waals surface area (Å²) in [5.74, 6) is -2.30. The fourth-order valence-corrected chi connectivity index (χ4v) is 1.40. The zero-order valence-electron chi connectivity index (χ0n) is 8.57. The van der Waals surface area contributed by atoms with Crippen molar-refractivity contribution < 1.29 is 27.1 Å². The Hall–Kier alpha value is -1.30. The van der Waals surface area contributed by atoms with Gasteiger partial charge in [-0.05, 0) is 11.6 Å². The van der Waals surface area contributed by atoms with Crippen molar-refractivity contribution in [1.82, 2.24) is 0 Å². The topological polar surface area (TPSA) is 26.3 Å². The first-order valence-corrected chi connectivity index (χ1v) is 4.76. The molecule has 0 radical (unpaired) electrons. The quantitative estimate of drug-likeness (QED) is 0.609. The van der Waals surface area contributed by atoms with Gasteiger partial charge in [-0.15, -0.1) is 0 Å². The molecule has 0 heterocycles. The van der Waals surface area contributed by atoms with E-state index in [1.54, 1.807) is 0 Å². The lowest BCUT2D eigenvalue weighted by atomic mass is 10.1. The minimum atomic E-state index is -4.82. The third-order valence-electron chi connectivity index (χ3n) is 2.03. The minimum absolute atomic E-state index is 0.0518. The summed E-state index contributed by atoms with van der Waals surface area (Å²) < 4.78 is 54.5. The van der Waals surface area contributed by atoms with E-state index in [9.17, 15) is 22.4 Å². The second-order valence-electron chi connectivity index (χ2n) is 3.15. The van der Waals surface area contributed by atoms with Crippen LogP contribution in [-0.2, 0) is 22.1 Å². The Morgan fingerprint density at radius 2 is 2.00 bits per heavy atom. The molecule has 0 aliphatic heterocycles. The fourth-order valence-electron chi connectivity index (χ4n) is 1.17. The van der Waals surface area contributed by atoms with Crippen LogP contribution in [0.4, 0.5) is 17.6 Å². The van der Waals surface area contributed by atoms with E-state index >= 15 is 0 Å². The summed E-state index contributed by atoms with van der Waals surface area (Å²) in [6, 6.07) is 1.49. The highest BCUT2D eigenvalue weighted by atomic mass is 35.5. The normalized spacial score (nSPS) is 11.4. The molecule has 1 aromatic rings. The summed E-state index contributed by atoms with van der Waals surface area (Å²) in [5, 5.41) is -0.717. The number of halogens is 5. The molecule has 0 fully saturated rings. The standard InChI is InChI=1S/C10H7ClF4O2/c1-17-7(16)4-5-2-3-6(10(13,14)15)9(12)8(5)11/h2-3H,4H2,1H3. The SMILES string of the molecule is COC(=O)Cc1ccc(C(F)(F)F)c(F)c1Cl. The van der Waals surface area contributed by atoms with E-state index in [2.05, 4.69) is 4.74 Å². The molecule has 0 spiro atoms. The number of carbonyl (C=O) groups is 1. The average Bonchev–Trinajstić information content (AvgIpc) is 2.22. The number of hydrogen-bond acceptors (Lipinski definition) is 2. The van der Waals surface area contributed by atoms with Crippen LogP contribution in [0.15, 0.2) is 12.1 Å². The average molecular weight is 271 g/mol. The number of carbonyl (C=O) groups excluding carboxylic acids is 1. The van der Waals surface area contributed by atoms with Crippen molar-refractivity contribution in [1.29, 1.82) is 0 Å². The predicted molar refractivity (Wildman–Crippen MR) is 52.1 cm³/mol. The lowest BCUT2D eigenvalue weighted by Crippen LogP contribution is -2.11. The van der Waals surface area contributed by atoms with Crippen LogP contribution >= 0.6 is 11.6 Å². The second kappa shape index (κ2) is 4.91.